The van der Waals surface area contributed by atoms with Gasteiger partial charge in [0, 0.05) is 12.1 Å². The van der Waals surface area contributed by atoms with Crippen LogP contribution in [0, 0.1) is 6.92 Å². The van der Waals surface area contributed by atoms with Crippen LogP contribution in [0.25, 0.3) is 11.0 Å². The van der Waals surface area contributed by atoms with Crippen LogP contribution in [-0.4, -0.2) is 30.0 Å². The monoisotopic (exact) mass is 359 g/mol. The Morgan fingerprint density at radius 2 is 1.92 bits per heavy atom. The summed E-state index contributed by atoms with van der Waals surface area (Å²) in [5, 5.41) is 10.2. The van der Waals surface area contributed by atoms with E-state index in [1.54, 1.807) is 12.1 Å². The molecule has 2 heterocycles. The molecule has 1 unspecified atom stereocenters. The number of nitrogens with one attached hydrogen (secondary N) is 2. The van der Waals surface area contributed by atoms with Crippen molar-refractivity contribution in [1.82, 2.24) is 9.97 Å². The van der Waals surface area contributed by atoms with Gasteiger partial charge in [0.15, 0.2) is 0 Å². The fourth-order valence-electron chi connectivity index (χ4n) is 3.34. The average molecular weight is 359 g/mol. The van der Waals surface area contributed by atoms with E-state index in [-0.39, 0.29) is 17.1 Å². The van der Waals surface area contributed by atoms with Crippen LogP contribution in [0.5, 0.6) is 0 Å². The van der Waals surface area contributed by atoms with Crippen molar-refractivity contribution in [3.8, 4) is 0 Å². The number of sulfonamides is 1. The Hall–Kier alpha value is -2.58. The van der Waals surface area contributed by atoms with Crippen LogP contribution in [0.2, 0.25) is 0 Å². The Morgan fingerprint density at radius 1 is 1.16 bits per heavy atom. The highest BCUT2D eigenvalue weighted by Crippen LogP contribution is 2.39. The summed E-state index contributed by atoms with van der Waals surface area (Å²) < 4.78 is 27.7. The smallest absolute Gasteiger partial charge is 0.323 e. The second kappa shape index (κ2) is 5.47. The standard InChI is InChI=1S/C17H17N3O4S/c1-10-3-2-4-12-15(21)7-8-20(16(10)12)25(23,24)11-5-6-13-14(9-11)19-17(22)18-13/h2-6,9,15,21H,7-8H2,1H3,(H2,18,19,22). The minimum absolute atomic E-state index is 0.0980. The van der Waals surface area contributed by atoms with E-state index in [0.29, 0.717) is 28.7 Å². The highest BCUT2D eigenvalue weighted by Gasteiger charge is 2.33. The zero-order valence-electron chi connectivity index (χ0n) is 13.5. The van der Waals surface area contributed by atoms with Crippen molar-refractivity contribution in [2.45, 2.75) is 24.3 Å². The normalized spacial score (nSPS) is 17.7. The van der Waals surface area contributed by atoms with Gasteiger partial charge < -0.3 is 15.1 Å². The molecule has 1 aliphatic heterocycles. The van der Waals surface area contributed by atoms with Crippen LogP contribution < -0.4 is 9.99 Å². The van der Waals surface area contributed by atoms with E-state index in [4.69, 9.17) is 0 Å². The molecule has 0 spiro atoms. The number of aromatic nitrogens is 2. The molecule has 1 aliphatic rings. The third-order valence-corrected chi connectivity index (χ3v) is 6.35. The lowest BCUT2D eigenvalue weighted by atomic mass is 9.98. The third-order valence-electron chi connectivity index (χ3n) is 4.56. The van der Waals surface area contributed by atoms with Crippen LogP contribution in [0.4, 0.5) is 5.69 Å². The number of aliphatic hydroxyl groups excluding tert-OH is 1. The first-order chi connectivity index (χ1) is 11.9. The molecule has 0 saturated heterocycles. The predicted molar refractivity (Wildman–Crippen MR) is 94.2 cm³/mol. The molecule has 4 rings (SSSR count). The van der Waals surface area contributed by atoms with Crippen molar-refractivity contribution in [1.29, 1.82) is 0 Å². The summed E-state index contributed by atoms with van der Waals surface area (Å²) >= 11 is 0. The van der Waals surface area contributed by atoms with Crippen LogP contribution in [0.15, 0.2) is 46.1 Å². The zero-order chi connectivity index (χ0) is 17.8. The van der Waals surface area contributed by atoms with E-state index >= 15 is 0 Å². The SMILES string of the molecule is Cc1cccc2c1N(S(=O)(=O)c1ccc3[nH]c(=O)[nH]c3c1)CCC2O. The number of aryl methyl sites for hydroxylation is 1. The van der Waals surface area contributed by atoms with Gasteiger partial charge in [0.25, 0.3) is 10.0 Å². The topological polar surface area (TPSA) is 106 Å². The number of fused-ring (bicyclic) bond motifs is 2. The number of hydrogen-bond acceptors (Lipinski definition) is 4. The van der Waals surface area contributed by atoms with Crippen molar-refractivity contribution in [3.63, 3.8) is 0 Å². The fourth-order valence-corrected chi connectivity index (χ4v) is 4.93. The molecule has 25 heavy (non-hydrogen) atoms. The van der Waals surface area contributed by atoms with Gasteiger partial charge in [0.1, 0.15) is 0 Å². The van der Waals surface area contributed by atoms with Gasteiger partial charge >= 0.3 is 5.69 Å². The van der Waals surface area contributed by atoms with E-state index in [9.17, 15) is 18.3 Å². The van der Waals surface area contributed by atoms with Crippen LogP contribution >= 0.6 is 0 Å². The molecule has 0 aliphatic carbocycles. The number of hydrogen-bond donors (Lipinski definition) is 3. The summed E-state index contributed by atoms with van der Waals surface area (Å²) in [5.74, 6) is 0. The number of aromatic amines is 2. The van der Waals surface area contributed by atoms with Crippen LogP contribution in [0.3, 0.4) is 0 Å². The molecule has 8 heteroatoms. The molecule has 0 amide bonds. The molecular weight excluding hydrogens is 342 g/mol. The number of benzene rings is 2. The maximum Gasteiger partial charge on any atom is 0.323 e. The number of nitrogens with zero attached hydrogens (tertiary/aromatic N) is 1. The Kier molecular flexibility index (Phi) is 3.48. The second-order valence-corrected chi connectivity index (χ2v) is 8.04. The second-order valence-electron chi connectivity index (χ2n) is 6.18. The Labute approximate surface area is 144 Å². The molecule has 1 aromatic heterocycles. The summed E-state index contributed by atoms with van der Waals surface area (Å²) in [6.07, 6.45) is -0.344. The number of aliphatic hydroxyl groups is 1. The van der Waals surface area contributed by atoms with Gasteiger partial charge in [-0.05, 0) is 37.1 Å². The molecule has 3 N–H and O–H groups in total. The predicted octanol–water partition coefficient (Wildman–Crippen LogP) is 1.80. The molecule has 0 radical (unpaired) electrons. The first-order valence-electron chi connectivity index (χ1n) is 7.90. The quantitative estimate of drug-likeness (QED) is 0.648. The first-order valence-corrected chi connectivity index (χ1v) is 9.34. The van der Waals surface area contributed by atoms with Crippen molar-refractivity contribution in [2.75, 3.05) is 10.8 Å². The highest BCUT2D eigenvalue weighted by molar-refractivity contribution is 7.92. The fraction of sp³-hybridized carbons (Fsp3) is 0.235. The summed E-state index contributed by atoms with van der Waals surface area (Å²) in [6.45, 7) is 2.02. The van der Waals surface area contributed by atoms with E-state index in [0.717, 1.165) is 5.56 Å². The van der Waals surface area contributed by atoms with Gasteiger partial charge in [-0.25, -0.2) is 13.2 Å². The number of rotatable bonds is 2. The maximum atomic E-state index is 13.2. The minimum Gasteiger partial charge on any atom is -0.388 e. The summed E-state index contributed by atoms with van der Waals surface area (Å²) in [4.78, 5) is 16.7. The molecular formula is C17H17N3O4S. The molecule has 2 aromatic carbocycles. The van der Waals surface area contributed by atoms with Gasteiger partial charge in [-0.15, -0.1) is 0 Å². The molecule has 0 saturated carbocycles. The molecule has 130 valence electrons. The van der Waals surface area contributed by atoms with Crippen molar-refractivity contribution in [3.05, 3.63) is 58.0 Å². The van der Waals surface area contributed by atoms with Gasteiger partial charge in [-0.2, -0.15) is 0 Å². The number of anilines is 1. The highest BCUT2D eigenvalue weighted by atomic mass is 32.2. The van der Waals surface area contributed by atoms with Gasteiger partial charge in [0.05, 0.1) is 27.7 Å². The summed E-state index contributed by atoms with van der Waals surface area (Å²) in [5.41, 5.74) is 2.54. The zero-order valence-corrected chi connectivity index (χ0v) is 14.3. The average Bonchev–Trinajstić information content (AvgIpc) is 2.95. The Morgan fingerprint density at radius 3 is 2.72 bits per heavy atom. The van der Waals surface area contributed by atoms with Crippen LogP contribution in [0.1, 0.15) is 23.7 Å². The number of H-pyrrole nitrogens is 2. The van der Waals surface area contributed by atoms with E-state index in [2.05, 4.69) is 9.97 Å². The van der Waals surface area contributed by atoms with Gasteiger partial charge in [-0.3, -0.25) is 4.31 Å². The van der Waals surface area contributed by atoms with Gasteiger partial charge in [-0.1, -0.05) is 18.2 Å². The van der Waals surface area contributed by atoms with Crippen molar-refractivity contribution in [2.24, 2.45) is 0 Å². The number of para-hydroxylation sites is 1. The lowest BCUT2D eigenvalue weighted by Crippen LogP contribution is -2.37. The molecule has 0 fully saturated rings. The molecule has 3 aromatic rings. The van der Waals surface area contributed by atoms with Crippen LogP contribution in [-0.2, 0) is 10.0 Å². The van der Waals surface area contributed by atoms with E-state index < -0.39 is 16.1 Å². The molecule has 1 atom stereocenters. The van der Waals surface area contributed by atoms with Crippen molar-refractivity contribution >= 4 is 26.7 Å². The molecule has 0 bridgehead atoms. The third kappa shape index (κ3) is 2.45. The number of imidazole rings is 1. The van der Waals surface area contributed by atoms with Gasteiger partial charge in [0.2, 0.25) is 0 Å². The molecule has 7 nitrogen and oxygen atoms in total. The first kappa shape index (κ1) is 15.9. The Bertz CT molecular complexity index is 1130. The van der Waals surface area contributed by atoms with E-state index in [1.165, 1.54) is 16.4 Å². The lowest BCUT2D eigenvalue weighted by Gasteiger charge is -2.34. The summed E-state index contributed by atoms with van der Waals surface area (Å²) in [7, 11) is -3.82. The van der Waals surface area contributed by atoms with Crippen molar-refractivity contribution < 1.29 is 13.5 Å². The minimum atomic E-state index is -3.82. The maximum absolute atomic E-state index is 13.2. The largest absolute Gasteiger partial charge is 0.388 e. The van der Waals surface area contributed by atoms with E-state index in [1.807, 2.05) is 19.1 Å². The summed E-state index contributed by atoms with van der Waals surface area (Å²) in [6, 6.07) is 9.88. The lowest BCUT2D eigenvalue weighted by molar-refractivity contribution is 0.166. The Balaban J connectivity index is 1.88.